The standard InChI is InChI=1S/C29H42O10/c1-14-8-21(30)29(35)24(37-14)38-19-9-15-4-5-18-17(25(15,2)11-20(19)39-29)6-7-26(3)27(33,12-22(31)28(18,26)34)16-10-23(32)36-13-16/h10,14-15,17-22,24,30-31,33-35H,4-9,11-13H2,1-3H3/t14-,15+,17+,18-,19-,20-,21-,22-,24+,25+,26-,27+,28-,29+/m1/s1. The summed E-state index contributed by atoms with van der Waals surface area (Å²) < 4.78 is 23.5. The molecular formula is C29H42O10. The number of hydrogen-bond donors (Lipinski definition) is 5. The zero-order valence-electron chi connectivity index (χ0n) is 22.9. The first kappa shape index (κ1) is 26.8. The van der Waals surface area contributed by atoms with Gasteiger partial charge in [0.05, 0.1) is 24.4 Å². The van der Waals surface area contributed by atoms with Gasteiger partial charge in [-0.2, -0.15) is 0 Å². The zero-order chi connectivity index (χ0) is 27.8. The largest absolute Gasteiger partial charge is 0.458 e. The number of ether oxygens (including phenoxy) is 4. The Kier molecular flexibility index (Phi) is 5.66. The third-order valence-electron chi connectivity index (χ3n) is 12.5. The average molecular weight is 551 g/mol. The smallest absolute Gasteiger partial charge is 0.331 e. The molecule has 7 aliphatic rings. The summed E-state index contributed by atoms with van der Waals surface area (Å²) in [7, 11) is 0. The van der Waals surface area contributed by atoms with Crippen molar-refractivity contribution in [1.82, 2.24) is 0 Å². The molecule has 10 nitrogen and oxygen atoms in total. The number of carbonyl (C=O) groups is 1. The Labute approximate surface area is 228 Å². The second-order valence-electron chi connectivity index (χ2n) is 14.1. The molecule has 0 spiro atoms. The van der Waals surface area contributed by atoms with Crippen molar-refractivity contribution in [3.8, 4) is 0 Å². The lowest BCUT2D eigenvalue weighted by molar-refractivity contribution is -0.458. The predicted octanol–water partition coefficient (Wildman–Crippen LogP) is 0.907. The quantitative estimate of drug-likeness (QED) is 0.235. The Balaban J connectivity index is 1.19. The van der Waals surface area contributed by atoms with Crippen LogP contribution in [0.1, 0.15) is 72.1 Å². The van der Waals surface area contributed by atoms with Gasteiger partial charge in [-0.05, 0) is 68.6 Å². The van der Waals surface area contributed by atoms with Crippen molar-refractivity contribution in [2.45, 2.75) is 126 Å². The molecule has 7 rings (SSSR count). The van der Waals surface area contributed by atoms with E-state index in [-0.39, 0.29) is 54.8 Å². The van der Waals surface area contributed by atoms with Crippen LogP contribution in [-0.2, 0) is 23.7 Å². The van der Waals surface area contributed by atoms with E-state index in [0.29, 0.717) is 24.8 Å². The van der Waals surface area contributed by atoms with Crippen LogP contribution in [0, 0.1) is 28.6 Å². The molecule has 0 radical (unpaired) electrons. The molecule has 0 amide bonds. The van der Waals surface area contributed by atoms with Gasteiger partial charge in [0.2, 0.25) is 12.1 Å². The molecule has 0 aromatic heterocycles. The highest BCUT2D eigenvalue weighted by molar-refractivity contribution is 5.86. The molecule has 0 aromatic rings. The summed E-state index contributed by atoms with van der Waals surface area (Å²) in [6.07, 6.45) is 1.29. The van der Waals surface area contributed by atoms with Crippen LogP contribution in [0.4, 0.5) is 0 Å². The van der Waals surface area contributed by atoms with Crippen molar-refractivity contribution >= 4 is 5.97 Å². The summed E-state index contributed by atoms with van der Waals surface area (Å²) in [5, 5.41) is 57.9. The van der Waals surface area contributed by atoms with Gasteiger partial charge in [-0.3, -0.25) is 0 Å². The third kappa shape index (κ3) is 3.23. The molecule has 0 aromatic carbocycles. The normalized spacial score (nSPS) is 60.3. The van der Waals surface area contributed by atoms with E-state index in [9.17, 15) is 30.3 Å². The molecular weight excluding hydrogens is 508 g/mol. The summed E-state index contributed by atoms with van der Waals surface area (Å²) >= 11 is 0. The molecule has 10 heteroatoms. The Morgan fingerprint density at radius 3 is 2.41 bits per heavy atom. The number of aliphatic hydroxyl groups is 5. The van der Waals surface area contributed by atoms with Crippen molar-refractivity contribution in [1.29, 1.82) is 0 Å². The number of aliphatic hydroxyl groups excluding tert-OH is 2. The molecule has 14 atom stereocenters. The van der Waals surface area contributed by atoms with Crippen LogP contribution in [0.2, 0.25) is 0 Å². The van der Waals surface area contributed by atoms with Gasteiger partial charge in [0, 0.05) is 29.9 Å². The van der Waals surface area contributed by atoms with Gasteiger partial charge in [-0.25, -0.2) is 4.79 Å². The number of cyclic esters (lactones) is 1. The van der Waals surface area contributed by atoms with E-state index in [1.165, 1.54) is 6.08 Å². The second-order valence-corrected chi connectivity index (χ2v) is 14.1. The van der Waals surface area contributed by atoms with Crippen LogP contribution in [0.5, 0.6) is 0 Å². The minimum Gasteiger partial charge on any atom is -0.458 e. The number of esters is 1. The topological polar surface area (TPSA) is 155 Å². The highest BCUT2D eigenvalue weighted by Gasteiger charge is 2.76. The molecule has 218 valence electrons. The summed E-state index contributed by atoms with van der Waals surface area (Å²) in [5.74, 6) is -2.37. The van der Waals surface area contributed by atoms with Crippen molar-refractivity contribution < 1.29 is 49.3 Å². The van der Waals surface area contributed by atoms with Gasteiger partial charge < -0.3 is 44.5 Å². The molecule has 4 aliphatic carbocycles. The highest BCUT2D eigenvalue weighted by Crippen LogP contribution is 2.71. The SMILES string of the molecule is C[C@@H]1C[C@@H](O)[C@]2(O)O[C@@H]3C[C@@]4(C)[C@@H](CC[C@@H]5[C@@H]4CC[C@@]4(C)[C@]5(O)[C@H](O)C[C@]4(O)C4=CC(=O)OC4)C[C@H]3O[C@@H]2O1. The van der Waals surface area contributed by atoms with Crippen molar-refractivity contribution in [3.05, 3.63) is 11.6 Å². The van der Waals surface area contributed by atoms with E-state index < -0.39 is 53.0 Å². The fourth-order valence-corrected chi connectivity index (χ4v) is 10.3. The van der Waals surface area contributed by atoms with E-state index in [0.717, 1.165) is 19.3 Å². The maximum Gasteiger partial charge on any atom is 0.331 e. The Morgan fingerprint density at radius 1 is 0.923 bits per heavy atom. The van der Waals surface area contributed by atoms with Gasteiger partial charge in [0.25, 0.3) is 0 Å². The van der Waals surface area contributed by atoms with Crippen LogP contribution < -0.4 is 0 Å². The van der Waals surface area contributed by atoms with E-state index in [2.05, 4.69) is 6.92 Å². The van der Waals surface area contributed by atoms with E-state index in [1.54, 1.807) is 0 Å². The van der Waals surface area contributed by atoms with Gasteiger partial charge in [-0.15, -0.1) is 0 Å². The third-order valence-corrected chi connectivity index (χ3v) is 12.5. The van der Waals surface area contributed by atoms with Crippen LogP contribution in [-0.4, -0.2) is 91.9 Å². The zero-order valence-corrected chi connectivity index (χ0v) is 22.9. The number of hydrogen-bond acceptors (Lipinski definition) is 10. The Bertz CT molecular complexity index is 1100. The minimum atomic E-state index is -1.93. The monoisotopic (exact) mass is 550 g/mol. The molecule has 4 saturated carbocycles. The molecule has 5 N–H and O–H groups in total. The summed E-state index contributed by atoms with van der Waals surface area (Å²) in [6.45, 7) is 5.89. The van der Waals surface area contributed by atoms with Crippen LogP contribution in [0.15, 0.2) is 11.6 Å². The average Bonchev–Trinajstić information content (AvgIpc) is 3.37. The maximum atomic E-state index is 12.5. The fraction of sp³-hybridized carbons (Fsp3) is 0.897. The van der Waals surface area contributed by atoms with Gasteiger partial charge in [-0.1, -0.05) is 13.8 Å². The first-order chi connectivity index (χ1) is 18.3. The van der Waals surface area contributed by atoms with Gasteiger partial charge in [0.1, 0.15) is 23.9 Å². The maximum absolute atomic E-state index is 12.5. The summed E-state index contributed by atoms with van der Waals surface area (Å²) in [6, 6.07) is 0. The molecule has 0 unspecified atom stereocenters. The predicted molar refractivity (Wildman–Crippen MR) is 134 cm³/mol. The van der Waals surface area contributed by atoms with Crippen LogP contribution >= 0.6 is 0 Å². The fourth-order valence-electron chi connectivity index (χ4n) is 10.3. The number of rotatable bonds is 1. The Hall–Kier alpha value is -1.11. The van der Waals surface area contributed by atoms with Gasteiger partial charge in [0.15, 0.2) is 0 Å². The van der Waals surface area contributed by atoms with E-state index >= 15 is 0 Å². The minimum absolute atomic E-state index is 0.0275. The lowest BCUT2D eigenvalue weighted by Crippen LogP contribution is -2.71. The number of carbonyl (C=O) groups excluding carboxylic acids is 1. The highest BCUT2D eigenvalue weighted by atomic mass is 16.8. The molecule has 3 heterocycles. The van der Waals surface area contributed by atoms with Crippen LogP contribution in [0.25, 0.3) is 0 Å². The van der Waals surface area contributed by atoms with Gasteiger partial charge >= 0.3 is 5.97 Å². The van der Waals surface area contributed by atoms with Crippen molar-refractivity contribution in [2.24, 2.45) is 28.6 Å². The van der Waals surface area contributed by atoms with E-state index in [1.807, 2.05) is 13.8 Å². The number of fused-ring (bicyclic) bond motifs is 7. The molecule has 39 heavy (non-hydrogen) atoms. The lowest BCUT2D eigenvalue weighted by atomic mass is 9.42. The van der Waals surface area contributed by atoms with Crippen molar-refractivity contribution in [2.75, 3.05) is 6.61 Å². The first-order valence-electron chi connectivity index (χ1n) is 14.7. The Morgan fingerprint density at radius 2 is 1.69 bits per heavy atom. The lowest BCUT2D eigenvalue weighted by Gasteiger charge is -2.66. The van der Waals surface area contributed by atoms with Crippen LogP contribution in [0.3, 0.4) is 0 Å². The summed E-state index contributed by atoms with van der Waals surface area (Å²) in [4.78, 5) is 11.9. The summed E-state index contributed by atoms with van der Waals surface area (Å²) in [5.41, 5.74) is -3.97. The van der Waals surface area contributed by atoms with E-state index in [4.69, 9.17) is 18.9 Å². The molecule has 6 fully saturated rings. The molecule has 3 aliphatic heterocycles. The molecule has 0 bridgehead atoms. The van der Waals surface area contributed by atoms with Crippen molar-refractivity contribution in [3.63, 3.8) is 0 Å². The first-order valence-corrected chi connectivity index (χ1v) is 14.7. The second kappa shape index (κ2) is 8.25. The molecule has 2 saturated heterocycles.